The molecule has 0 radical (unpaired) electrons. The third-order valence-electron chi connectivity index (χ3n) is 3.61. The van der Waals surface area contributed by atoms with Crippen LogP contribution in [0, 0.1) is 0 Å². The molecule has 24 heavy (non-hydrogen) atoms. The van der Waals surface area contributed by atoms with Gasteiger partial charge >= 0.3 is 0 Å². The molecule has 6 heteroatoms. The van der Waals surface area contributed by atoms with Crippen LogP contribution in [-0.2, 0) is 10.2 Å². The van der Waals surface area contributed by atoms with E-state index in [1.807, 2.05) is 32.0 Å². The van der Waals surface area contributed by atoms with Crippen LogP contribution in [0.1, 0.15) is 19.4 Å². The Bertz CT molecular complexity index is 673. The van der Waals surface area contributed by atoms with E-state index < -0.39 is 5.41 Å². The predicted octanol–water partition coefficient (Wildman–Crippen LogP) is 4.02. The van der Waals surface area contributed by atoms with Crippen molar-refractivity contribution in [2.45, 2.75) is 19.3 Å². The highest BCUT2D eigenvalue weighted by atomic mass is 35.5. The molecule has 4 nitrogen and oxygen atoms in total. The number of carbonyl (C=O) groups is 1. The maximum atomic E-state index is 12.6. The Morgan fingerprint density at radius 1 is 1.17 bits per heavy atom. The van der Waals surface area contributed by atoms with Crippen molar-refractivity contribution in [1.29, 1.82) is 0 Å². The first-order valence-electron chi connectivity index (χ1n) is 7.44. The van der Waals surface area contributed by atoms with Crippen molar-refractivity contribution in [2.24, 2.45) is 5.73 Å². The molecule has 0 aromatic heterocycles. The van der Waals surface area contributed by atoms with E-state index in [0.29, 0.717) is 23.9 Å². The van der Waals surface area contributed by atoms with Crippen LogP contribution in [0.25, 0.3) is 0 Å². The molecule has 3 N–H and O–H groups in total. The number of hydrogen-bond acceptors (Lipinski definition) is 3. The Morgan fingerprint density at radius 2 is 1.79 bits per heavy atom. The Balaban J connectivity index is 0.00000288. The minimum absolute atomic E-state index is 0. The molecular formula is C18H22Cl2N2O2. The van der Waals surface area contributed by atoms with Crippen LogP contribution in [0.5, 0.6) is 5.75 Å². The third-order valence-corrected chi connectivity index (χ3v) is 3.94. The normalized spacial score (nSPS) is 10.7. The molecule has 0 bridgehead atoms. The SMILES string of the molecule is CC(C)(C(=O)Nc1ccc(OCCN)cc1)c1ccccc1Cl.Cl. The third kappa shape index (κ3) is 4.87. The molecule has 0 aliphatic heterocycles. The highest BCUT2D eigenvalue weighted by molar-refractivity contribution is 6.31. The minimum atomic E-state index is -0.743. The fourth-order valence-corrected chi connectivity index (χ4v) is 2.56. The van der Waals surface area contributed by atoms with Crippen molar-refractivity contribution < 1.29 is 9.53 Å². The van der Waals surface area contributed by atoms with E-state index in [9.17, 15) is 4.79 Å². The van der Waals surface area contributed by atoms with Gasteiger partial charge in [0.1, 0.15) is 12.4 Å². The van der Waals surface area contributed by atoms with Gasteiger partial charge in [-0.1, -0.05) is 29.8 Å². The number of rotatable bonds is 6. The molecule has 0 heterocycles. The highest BCUT2D eigenvalue weighted by Crippen LogP contribution is 2.31. The highest BCUT2D eigenvalue weighted by Gasteiger charge is 2.31. The van der Waals surface area contributed by atoms with Gasteiger partial charge in [-0.15, -0.1) is 12.4 Å². The first-order chi connectivity index (χ1) is 10.9. The second-order valence-electron chi connectivity index (χ2n) is 5.72. The molecule has 1 amide bonds. The smallest absolute Gasteiger partial charge is 0.234 e. The molecule has 0 aliphatic carbocycles. The number of carbonyl (C=O) groups excluding carboxylic acids is 1. The Kier molecular flexibility index (Phi) is 7.55. The zero-order chi connectivity index (χ0) is 16.9. The quantitative estimate of drug-likeness (QED) is 0.809. The lowest BCUT2D eigenvalue weighted by molar-refractivity contribution is -0.120. The zero-order valence-corrected chi connectivity index (χ0v) is 15.3. The summed E-state index contributed by atoms with van der Waals surface area (Å²) in [5.41, 5.74) is 6.15. The Morgan fingerprint density at radius 3 is 2.38 bits per heavy atom. The number of nitrogens with two attached hydrogens (primary N) is 1. The minimum Gasteiger partial charge on any atom is -0.492 e. The summed E-state index contributed by atoms with van der Waals surface area (Å²) in [6.07, 6.45) is 0. The van der Waals surface area contributed by atoms with Gasteiger partial charge in [-0.3, -0.25) is 4.79 Å². The second-order valence-corrected chi connectivity index (χ2v) is 6.13. The van der Waals surface area contributed by atoms with Gasteiger partial charge in [0, 0.05) is 17.3 Å². The molecule has 2 aromatic rings. The van der Waals surface area contributed by atoms with Gasteiger partial charge in [0.2, 0.25) is 5.91 Å². The van der Waals surface area contributed by atoms with Gasteiger partial charge in [0.25, 0.3) is 0 Å². The number of hydrogen-bond donors (Lipinski definition) is 2. The topological polar surface area (TPSA) is 64.3 Å². The first-order valence-corrected chi connectivity index (χ1v) is 7.82. The fourth-order valence-electron chi connectivity index (χ4n) is 2.19. The largest absolute Gasteiger partial charge is 0.492 e. The lowest BCUT2D eigenvalue weighted by atomic mass is 9.83. The molecule has 0 saturated carbocycles. The van der Waals surface area contributed by atoms with E-state index in [0.717, 1.165) is 11.3 Å². The van der Waals surface area contributed by atoms with Crippen molar-refractivity contribution in [3.05, 3.63) is 59.1 Å². The monoisotopic (exact) mass is 368 g/mol. The number of ether oxygens (including phenoxy) is 1. The lowest BCUT2D eigenvalue weighted by Crippen LogP contribution is -2.35. The van der Waals surface area contributed by atoms with Crippen LogP contribution in [0.15, 0.2) is 48.5 Å². The van der Waals surface area contributed by atoms with E-state index in [1.54, 1.807) is 30.3 Å². The molecule has 130 valence electrons. The number of halogens is 2. The molecule has 0 fully saturated rings. The second kappa shape index (κ2) is 8.92. The molecule has 0 atom stereocenters. The molecule has 2 rings (SSSR count). The maximum Gasteiger partial charge on any atom is 0.234 e. The van der Waals surface area contributed by atoms with Crippen molar-refractivity contribution in [2.75, 3.05) is 18.5 Å². The van der Waals surface area contributed by atoms with E-state index >= 15 is 0 Å². The molecule has 0 unspecified atom stereocenters. The fraction of sp³-hybridized carbons (Fsp3) is 0.278. The molecule has 0 aliphatic rings. The standard InChI is InChI=1S/C18H21ClN2O2.ClH/c1-18(2,15-5-3-4-6-16(15)19)17(22)21-13-7-9-14(10-8-13)23-12-11-20;/h3-10H,11-12,20H2,1-2H3,(H,21,22);1H. The van der Waals surface area contributed by atoms with Crippen molar-refractivity contribution in [3.63, 3.8) is 0 Å². The van der Waals surface area contributed by atoms with E-state index in [4.69, 9.17) is 22.1 Å². The maximum absolute atomic E-state index is 12.6. The van der Waals surface area contributed by atoms with E-state index in [-0.39, 0.29) is 18.3 Å². The van der Waals surface area contributed by atoms with E-state index in [1.165, 1.54) is 0 Å². The van der Waals surface area contributed by atoms with Gasteiger partial charge in [0.05, 0.1) is 5.41 Å². The van der Waals surface area contributed by atoms with Crippen LogP contribution in [0.3, 0.4) is 0 Å². The van der Waals surface area contributed by atoms with Gasteiger partial charge in [-0.25, -0.2) is 0 Å². The molecule has 0 spiro atoms. The van der Waals surface area contributed by atoms with Crippen molar-refractivity contribution in [3.8, 4) is 5.75 Å². The number of anilines is 1. The summed E-state index contributed by atoms with van der Waals surface area (Å²) in [7, 11) is 0. The molecule has 2 aromatic carbocycles. The van der Waals surface area contributed by atoms with Crippen LogP contribution in [0.2, 0.25) is 5.02 Å². The average molecular weight is 369 g/mol. The van der Waals surface area contributed by atoms with Gasteiger partial charge < -0.3 is 15.8 Å². The van der Waals surface area contributed by atoms with Crippen LogP contribution >= 0.6 is 24.0 Å². The summed E-state index contributed by atoms with van der Waals surface area (Å²) in [6.45, 7) is 4.63. The summed E-state index contributed by atoms with van der Waals surface area (Å²) < 4.78 is 5.41. The van der Waals surface area contributed by atoms with Gasteiger partial charge in [-0.2, -0.15) is 0 Å². The number of amides is 1. The summed E-state index contributed by atoms with van der Waals surface area (Å²) in [6, 6.07) is 14.6. The average Bonchev–Trinajstić information content (AvgIpc) is 2.54. The summed E-state index contributed by atoms with van der Waals surface area (Å²) in [5, 5.41) is 3.50. The van der Waals surface area contributed by atoms with Crippen molar-refractivity contribution >= 4 is 35.6 Å². The number of nitrogens with one attached hydrogen (secondary N) is 1. The zero-order valence-electron chi connectivity index (χ0n) is 13.7. The van der Waals surface area contributed by atoms with E-state index in [2.05, 4.69) is 5.32 Å². The number of benzene rings is 2. The summed E-state index contributed by atoms with van der Waals surface area (Å²) in [4.78, 5) is 12.6. The predicted molar refractivity (Wildman–Crippen MR) is 101 cm³/mol. The van der Waals surface area contributed by atoms with Crippen LogP contribution < -0.4 is 15.8 Å². The van der Waals surface area contributed by atoms with Crippen LogP contribution in [0.4, 0.5) is 5.69 Å². The Labute approximate surface area is 153 Å². The Hall–Kier alpha value is -1.75. The molecular weight excluding hydrogens is 347 g/mol. The lowest BCUT2D eigenvalue weighted by Gasteiger charge is -2.25. The van der Waals surface area contributed by atoms with Gasteiger partial charge in [-0.05, 0) is 49.7 Å². The summed E-state index contributed by atoms with van der Waals surface area (Å²) in [5.74, 6) is 0.597. The molecule has 0 saturated heterocycles. The van der Waals surface area contributed by atoms with Gasteiger partial charge in [0.15, 0.2) is 0 Å². The summed E-state index contributed by atoms with van der Waals surface area (Å²) >= 11 is 6.22. The van der Waals surface area contributed by atoms with Crippen molar-refractivity contribution in [1.82, 2.24) is 0 Å². The van der Waals surface area contributed by atoms with Crippen LogP contribution in [-0.4, -0.2) is 19.1 Å². The first kappa shape index (κ1) is 20.3.